The van der Waals surface area contributed by atoms with Gasteiger partial charge in [0.15, 0.2) is 0 Å². The van der Waals surface area contributed by atoms with Gasteiger partial charge in [-0.15, -0.1) is 0 Å². The topological polar surface area (TPSA) is 66.5 Å². The van der Waals surface area contributed by atoms with Gasteiger partial charge in [0.25, 0.3) is 0 Å². The number of nitrogens with zero attached hydrogens (tertiary/aromatic N) is 1. The van der Waals surface area contributed by atoms with Crippen LogP contribution in [0.3, 0.4) is 0 Å². The Morgan fingerprint density at radius 1 is 1.29 bits per heavy atom. The van der Waals surface area contributed by atoms with Gasteiger partial charge in [-0.1, -0.05) is 6.07 Å². The number of rotatable bonds is 3. The molecule has 0 unspecified atom stereocenters. The molecule has 0 radical (unpaired) electrons. The SMILES string of the molecule is COC(=O)Cc1c2c(cn1N)CCc1ccc(OC)cc1-2. The Labute approximate surface area is 123 Å². The zero-order valence-electron chi connectivity index (χ0n) is 12.2. The zero-order chi connectivity index (χ0) is 15.0. The van der Waals surface area contributed by atoms with Crippen molar-refractivity contribution in [3.8, 4) is 16.9 Å². The van der Waals surface area contributed by atoms with Gasteiger partial charge in [-0.3, -0.25) is 9.47 Å². The number of nitrogen functional groups attached to an aromatic ring is 1. The Morgan fingerprint density at radius 2 is 2.05 bits per heavy atom. The zero-order valence-corrected chi connectivity index (χ0v) is 12.2. The summed E-state index contributed by atoms with van der Waals surface area (Å²) in [6, 6.07) is 6.05. The van der Waals surface area contributed by atoms with E-state index in [4.69, 9.17) is 15.3 Å². The van der Waals surface area contributed by atoms with Gasteiger partial charge < -0.3 is 15.3 Å². The third kappa shape index (κ3) is 2.24. The maximum atomic E-state index is 11.6. The lowest BCUT2D eigenvalue weighted by molar-refractivity contribution is -0.139. The molecule has 1 aromatic carbocycles. The molecule has 0 saturated heterocycles. The highest BCUT2D eigenvalue weighted by Gasteiger charge is 2.24. The van der Waals surface area contributed by atoms with Gasteiger partial charge in [0.2, 0.25) is 0 Å². The first-order chi connectivity index (χ1) is 10.1. The Balaban J connectivity index is 2.15. The number of nitrogens with two attached hydrogens (primary N) is 1. The van der Waals surface area contributed by atoms with Gasteiger partial charge in [0.05, 0.1) is 26.3 Å². The molecule has 0 amide bonds. The fraction of sp³-hybridized carbons (Fsp3) is 0.312. The Hall–Kier alpha value is -2.43. The van der Waals surface area contributed by atoms with Crippen molar-refractivity contribution in [1.82, 2.24) is 4.68 Å². The van der Waals surface area contributed by atoms with E-state index in [0.717, 1.165) is 41.0 Å². The molecule has 0 saturated carbocycles. The molecule has 2 N–H and O–H groups in total. The van der Waals surface area contributed by atoms with Crippen molar-refractivity contribution in [2.45, 2.75) is 19.3 Å². The summed E-state index contributed by atoms with van der Waals surface area (Å²) >= 11 is 0. The quantitative estimate of drug-likeness (QED) is 0.689. The lowest BCUT2D eigenvalue weighted by Gasteiger charge is -2.18. The van der Waals surface area contributed by atoms with Crippen LogP contribution >= 0.6 is 0 Å². The standard InChI is InChI=1S/C16H18N2O3/c1-20-12-6-5-10-3-4-11-9-18(17)14(8-15(19)21-2)16(11)13(10)7-12/h5-7,9H,3-4,8,17H2,1-2H3. The average Bonchev–Trinajstić information content (AvgIpc) is 2.82. The van der Waals surface area contributed by atoms with E-state index in [9.17, 15) is 4.79 Å². The van der Waals surface area contributed by atoms with E-state index >= 15 is 0 Å². The van der Waals surface area contributed by atoms with E-state index in [-0.39, 0.29) is 12.4 Å². The van der Waals surface area contributed by atoms with Crippen LogP contribution in [-0.2, 0) is 28.8 Å². The second kappa shape index (κ2) is 5.16. The molecule has 0 aliphatic heterocycles. The normalized spacial score (nSPS) is 12.5. The predicted molar refractivity (Wildman–Crippen MR) is 79.7 cm³/mol. The maximum absolute atomic E-state index is 11.6. The number of carbonyl (C=O) groups is 1. The minimum atomic E-state index is -0.294. The van der Waals surface area contributed by atoms with E-state index in [0.29, 0.717) is 0 Å². The lowest BCUT2D eigenvalue weighted by atomic mass is 9.86. The number of fused-ring (bicyclic) bond motifs is 3. The minimum absolute atomic E-state index is 0.166. The molecule has 21 heavy (non-hydrogen) atoms. The maximum Gasteiger partial charge on any atom is 0.311 e. The summed E-state index contributed by atoms with van der Waals surface area (Å²) in [5, 5.41) is 0. The van der Waals surface area contributed by atoms with Crippen LogP contribution in [-0.4, -0.2) is 24.9 Å². The molecule has 0 spiro atoms. The summed E-state index contributed by atoms with van der Waals surface area (Å²) in [7, 11) is 3.03. The number of carbonyl (C=O) groups excluding carboxylic acids is 1. The molecule has 3 rings (SSSR count). The van der Waals surface area contributed by atoms with E-state index in [2.05, 4.69) is 6.07 Å². The molecule has 0 fully saturated rings. The summed E-state index contributed by atoms with van der Waals surface area (Å²) in [5.74, 6) is 6.54. The molecule has 1 aliphatic rings. The van der Waals surface area contributed by atoms with Crippen LogP contribution < -0.4 is 10.6 Å². The summed E-state index contributed by atoms with van der Waals surface area (Å²) in [5.41, 5.74) is 5.34. The van der Waals surface area contributed by atoms with Gasteiger partial charge in [-0.05, 0) is 41.7 Å². The number of aromatic nitrogens is 1. The van der Waals surface area contributed by atoms with E-state index < -0.39 is 0 Å². The third-order valence-electron chi connectivity index (χ3n) is 4.01. The largest absolute Gasteiger partial charge is 0.497 e. The van der Waals surface area contributed by atoms with Crippen LogP contribution in [0.1, 0.15) is 16.8 Å². The van der Waals surface area contributed by atoms with Crippen molar-refractivity contribution >= 4 is 5.97 Å². The second-order valence-corrected chi connectivity index (χ2v) is 5.16. The molecule has 2 aromatic rings. The summed E-state index contributed by atoms with van der Waals surface area (Å²) < 4.78 is 11.6. The molecule has 110 valence electrons. The number of hydrogen-bond donors (Lipinski definition) is 1. The molecule has 1 heterocycles. The van der Waals surface area contributed by atoms with Gasteiger partial charge in [0, 0.05) is 11.8 Å². The summed E-state index contributed by atoms with van der Waals surface area (Å²) in [4.78, 5) is 11.6. The van der Waals surface area contributed by atoms with Gasteiger partial charge in [0.1, 0.15) is 5.75 Å². The van der Waals surface area contributed by atoms with Gasteiger partial charge in [-0.25, -0.2) is 0 Å². The van der Waals surface area contributed by atoms with E-state index in [1.165, 1.54) is 17.3 Å². The van der Waals surface area contributed by atoms with Crippen molar-refractivity contribution in [2.24, 2.45) is 0 Å². The highest BCUT2D eigenvalue weighted by Crippen LogP contribution is 2.38. The third-order valence-corrected chi connectivity index (χ3v) is 4.01. The molecular formula is C16H18N2O3. The highest BCUT2D eigenvalue weighted by molar-refractivity contribution is 5.81. The highest BCUT2D eigenvalue weighted by atomic mass is 16.5. The first kappa shape index (κ1) is 13.5. The van der Waals surface area contributed by atoms with Crippen LogP contribution in [0.4, 0.5) is 0 Å². The smallest absolute Gasteiger partial charge is 0.311 e. The van der Waals surface area contributed by atoms with E-state index in [1.54, 1.807) is 7.11 Å². The van der Waals surface area contributed by atoms with Crippen LogP contribution in [0.15, 0.2) is 24.4 Å². The molecule has 1 aromatic heterocycles. The first-order valence-electron chi connectivity index (χ1n) is 6.86. The van der Waals surface area contributed by atoms with Crippen LogP contribution in [0, 0.1) is 0 Å². The number of esters is 1. The molecular weight excluding hydrogens is 268 g/mol. The van der Waals surface area contributed by atoms with Crippen LogP contribution in [0.5, 0.6) is 5.75 Å². The minimum Gasteiger partial charge on any atom is -0.497 e. The lowest BCUT2D eigenvalue weighted by Crippen LogP contribution is -2.16. The Bertz CT molecular complexity index is 704. The number of ether oxygens (including phenoxy) is 2. The fourth-order valence-corrected chi connectivity index (χ4v) is 2.93. The van der Waals surface area contributed by atoms with Crippen molar-refractivity contribution < 1.29 is 14.3 Å². The van der Waals surface area contributed by atoms with Crippen LogP contribution in [0.2, 0.25) is 0 Å². The van der Waals surface area contributed by atoms with Crippen LogP contribution in [0.25, 0.3) is 11.1 Å². The van der Waals surface area contributed by atoms with Gasteiger partial charge in [-0.2, -0.15) is 0 Å². The van der Waals surface area contributed by atoms with Crippen molar-refractivity contribution in [2.75, 3.05) is 20.1 Å². The summed E-state index contributed by atoms with van der Waals surface area (Å²) in [6.45, 7) is 0. The fourth-order valence-electron chi connectivity index (χ4n) is 2.93. The number of benzene rings is 1. The number of aryl methyl sites for hydroxylation is 2. The molecule has 5 nitrogen and oxygen atoms in total. The van der Waals surface area contributed by atoms with Gasteiger partial charge >= 0.3 is 5.97 Å². The van der Waals surface area contributed by atoms with Crippen molar-refractivity contribution in [3.63, 3.8) is 0 Å². The molecule has 0 atom stereocenters. The summed E-state index contributed by atoms with van der Waals surface area (Å²) in [6.07, 6.45) is 3.95. The van der Waals surface area contributed by atoms with Crippen molar-refractivity contribution in [1.29, 1.82) is 0 Å². The van der Waals surface area contributed by atoms with Crippen molar-refractivity contribution in [3.05, 3.63) is 41.2 Å². The predicted octanol–water partition coefficient (Wildman–Crippen LogP) is 1.69. The number of hydrogen-bond acceptors (Lipinski definition) is 4. The second-order valence-electron chi connectivity index (χ2n) is 5.16. The Morgan fingerprint density at radius 3 is 2.76 bits per heavy atom. The molecule has 5 heteroatoms. The van der Waals surface area contributed by atoms with E-state index in [1.807, 2.05) is 18.3 Å². The Kier molecular flexibility index (Phi) is 3.33. The number of methoxy groups -OCH3 is 2. The monoisotopic (exact) mass is 286 g/mol. The first-order valence-corrected chi connectivity index (χ1v) is 6.86. The molecule has 1 aliphatic carbocycles. The average molecular weight is 286 g/mol. The molecule has 0 bridgehead atoms.